The lowest BCUT2D eigenvalue weighted by Gasteiger charge is -2.35. The number of urea groups is 1. The number of carbonyl (C=O) groups is 2. The van der Waals surface area contributed by atoms with Crippen LogP contribution >= 0.6 is 0 Å². The number of hydrogen-bond donors (Lipinski definition) is 1. The Morgan fingerprint density at radius 3 is 2.27 bits per heavy atom. The highest BCUT2D eigenvalue weighted by Gasteiger charge is 2.26. The fourth-order valence-electron chi connectivity index (χ4n) is 2.94. The van der Waals surface area contributed by atoms with Gasteiger partial charge in [-0.3, -0.25) is 4.79 Å². The molecule has 0 saturated carbocycles. The number of nitrogens with zero attached hydrogens (tertiary/aromatic N) is 6. The molecule has 1 aliphatic heterocycles. The van der Waals surface area contributed by atoms with Crippen LogP contribution < -0.4 is 5.32 Å². The second kappa shape index (κ2) is 7.51. The summed E-state index contributed by atoms with van der Waals surface area (Å²) in [6.07, 6.45) is 0. The predicted octanol–water partition coefficient (Wildman–Crippen LogP) is 0.747. The second-order valence-electron chi connectivity index (χ2n) is 6.48. The number of tetrazole rings is 1. The van der Waals surface area contributed by atoms with Crippen LogP contribution in [0.3, 0.4) is 0 Å². The van der Waals surface area contributed by atoms with Crippen LogP contribution in [0.15, 0.2) is 24.3 Å². The summed E-state index contributed by atoms with van der Waals surface area (Å²) in [7, 11) is 1.73. The van der Waals surface area contributed by atoms with Gasteiger partial charge in [0.2, 0.25) is 0 Å². The third-order valence-electron chi connectivity index (χ3n) is 4.53. The Balaban J connectivity index is 1.53. The first kappa shape index (κ1) is 17.8. The first-order valence-corrected chi connectivity index (χ1v) is 8.59. The molecule has 0 unspecified atom stereocenters. The van der Waals surface area contributed by atoms with Gasteiger partial charge < -0.3 is 15.1 Å². The van der Waals surface area contributed by atoms with Crippen LogP contribution in [-0.4, -0.2) is 68.1 Å². The second-order valence-corrected chi connectivity index (χ2v) is 6.48. The number of aromatic nitrogens is 4. The maximum absolute atomic E-state index is 12.5. The van der Waals surface area contributed by atoms with Gasteiger partial charge in [0.25, 0.3) is 5.91 Å². The van der Waals surface area contributed by atoms with Gasteiger partial charge >= 0.3 is 6.03 Å². The molecule has 1 aromatic heterocycles. The number of rotatable bonds is 3. The van der Waals surface area contributed by atoms with Crippen molar-refractivity contribution in [3.63, 3.8) is 0 Å². The first-order valence-electron chi connectivity index (χ1n) is 8.59. The molecule has 2 aromatic rings. The minimum atomic E-state index is -0.297. The smallest absolute Gasteiger partial charge is 0.318 e. The van der Waals surface area contributed by atoms with Gasteiger partial charge in [-0.2, -0.15) is 0 Å². The fraction of sp³-hybridized carbons (Fsp3) is 0.471. The summed E-state index contributed by atoms with van der Waals surface area (Å²) in [5.74, 6) is 0.593. The van der Waals surface area contributed by atoms with Crippen molar-refractivity contribution in [1.82, 2.24) is 35.3 Å². The van der Waals surface area contributed by atoms with Gasteiger partial charge in [-0.1, -0.05) is 17.7 Å². The van der Waals surface area contributed by atoms with Crippen molar-refractivity contribution in [3.8, 4) is 0 Å². The van der Waals surface area contributed by atoms with E-state index in [0.717, 1.165) is 5.56 Å². The molecule has 1 N–H and O–H groups in total. The zero-order valence-electron chi connectivity index (χ0n) is 15.2. The highest BCUT2D eigenvalue weighted by Crippen LogP contribution is 2.12. The Bertz CT molecular complexity index is 779. The molecule has 0 radical (unpaired) electrons. The van der Waals surface area contributed by atoms with Gasteiger partial charge in [-0.25, -0.2) is 9.48 Å². The molecule has 9 heteroatoms. The first-order chi connectivity index (χ1) is 12.5. The van der Waals surface area contributed by atoms with Gasteiger partial charge in [-0.05, 0) is 36.4 Å². The molecule has 1 fully saturated rings. The molecule has 26 heavy (non-hydrogen) atoms. The van der Waals surface area contributed by atoms with Gasteiger partial charge in [0.1, 0.15) is 0 Å². The molecule has 3 amide bonds. The lowest BCUT2D eigenvalue weighted by atomic mass is 10.1. The van der Waals surface area contributed by atoms with Crippen molar-refractivity contribution < 1.29 is 9.59 Å². The normalized spacial score (nSPS) is 15.7. The van der Waals surface area contributed by atoms with E-state index >= 15 is 0 Å². The Labute approximate surface area is 152 Å². The minimum absolute atomic E-state index is 0.00332. The molecular weight excluding hydrogens is 334 g/mol. The van der Waals surface area contributed by atoms with Crippen molar-refractivity contribution in [2.75, 3.05) is 26.2 Å². The average Bonchev–Trinajstić information content (AvgIpc) is 3.08. The Kier molecular flexibility index (Phi) is 5.15. The Hall–Kier alpha value is -2.97. The molecular formula is C17H23N7O2. The van der Waals surface area contributed by atoms with Crippen LogP contribution in [-0.2, 0) is 7.05 Å². The number of aryl methyl sites for hydroxylation is 2. The quantitative estimate of drug-likeness (QED) is 0.874. The van der Waals surface area contributed by atoms with Crippen molar-refractivity contribution >= 4 is 11.9 Å². The van der Waals surface area contributed by atoms with Crippen molar-refractivity contribution in [2.45, 2.75) is 19.9 Å². The summed E-state index contributed by atoms with van der Waals surface area (Å²) in [5, 5.41) is 14.1. The van der Waals surface area contributed by atoms with Crippen molar-refractivity contribution in [1.29, 1.82) is 0 Å². The van der Waals surface area contributed by atoms with E-state index in [1.54, 1.807) is 16.8 Å². The van der Waals surface area contributed by atoms with Crippen LogP contribution in [0.5, 0.6) is 0 Å². The summed E-state index contributed by atoms with van der Waals surface area (Å²) in [6, 6.07) is 7.07. The van der Waals surface area contributed by atoms with Crippen LogP contribution in [0.2, 0.25) is 0 Å². The molecule has 138 valence electrons. The van der Waals surface area contributed by atoms with E-state index in [-0.39, 0.29) is 18.0 Å². The van der Waals surface area contributed by atoms with E-state index in [2.05, 4.69) is 20.8 Å². The Morgan fingerprint density at radius 1 is 1.08 bits per heavy atom. The van der Waals surface area contributed by atoms with E-state index in [1.165, 1.54) is 4.68 Å². The number of carbonyl (C=O) groups excluding carboxylic acids is 2. The molecule has 0 aliphatic carbocycles. The lowest BCUT2D eigenvalue weighted by Crippen LogP contribution is -2.53. The maximum Gasteiger partial charge on any atom is 0.318 e. The lowest BCUT2D eigenvalue weighted by molar-refractivity contribution is 0.0663. The largest absolute Gasteiger partial charge is 0.335 e. The standard InChI is InChI=1S/C17H23N7O2/c1-12-4-6-14(7-5-12)16(25)23-8-10-24(11-9-23)17(26)18-13(2)15-19-20-21-22(15)3/h4-7,13H,8-11H2,1-3H3,(H,18,26)/t13-/m0/s1. The third-order valence-corrected chi connectivity index (χ3v) is 4.53. The molecule has 1 saturated heterocycles. The fourth-order valence-corrected chi connectivity index (χ4v) is 2.94. The number of benzene rings is 1. The molecule has 1 atom stereocenters. The van der Waals surface area contributed by atoms with Crippen LogP contribution in [0, 0.1) is 6.92 Å². The molecule has 2 heterocycles. The topological polar surface area (TPSA) is 96.2 Å². The van der Waals surface area contributed by atoms with E-state index in [0.29, 0.717) is 37.6 Å². The summed E-state index contributed by atoms with van der Waals surface area (Å²) in [6.45, 7) is 5.84. The highest BCUT2D eigenvalue weighted by atomic mass is 16.2. The molecule has 0 bridgehead atoms. The van der Waals surface area contributed by atoms with Crippen LogP contribution in [0.25, 0.3) is 0 Å². The summed E-state index contributed by atoms with van der Waals surface area (Å²) < 4.78 is 1.53. The van der Waals surface area contributed by atoms with E-state index in [4.69, 9.17) is 0 Å². The monoisotopic (exact) mass is 357 g/mol. The molecule has 1 aromatic carbocycles. The zero-order chi connectivity index (χ0) is 18.7. The molecule has 0 spiro atoms. The highest BCUT2D eigenvalue weighted by molar-refractivity contribution is 5.94. The summed E-state index contributed by atoms with van der Waals surface area (Å²) >= 11 is 0. The Morgan fingerprint density at radius 2 is 1.69 bits per heavy atom. The van der Waals surface area contributed by atoms with Crippen LogP contribution in [0.4, 0.5) is 4.79 Å². The number of amides is 3. The van der Waals surface area contributed by atoms with Crippen LogP contribution in [0.1, 0.15) is 34.7 Å². The van der Waals surface area contributed by atoms with E-state index < -0.39 is 0 Å². The van der Waals surface area contributed by atoms with Crippen molar-refractivity contribution in [3.05, 3.63) is 41.2 Å². The van der Waals surface area contributed by atoms with E-state index in [1.807, 2.05) is 38.1 Å². The van der Waals surface area contributed by atoms with Gasteiger partial charge in [0.05, 0.1) is 6.04 Å². The molecule has 3 rings (SSSR count). The van der Waals surface area contributed by atoms with Gasteiger partial charge in [0, 0.05) is 38.8 Å². The predicted molar refractivity (Wildman–Crippen MR) is 94.4 cm³/mol. The maximum atomic E-state index is 12.5. The number of nitrogens with one attached hydrogen (secondary N) is 1. The average molecular weight is 357 g/mol. The summed E-state index contributed by atoms with van der Waals surface area (Å²) in [4.78, 5) is 28.5. The van der Waals surface area contributed by atoms with Gasteiger partial charge in [0.15, 0.2) is 5.82 Å². The number of hydrogen-bond acceptors (Lipinski definition) is 5. The third kappa shape index (κ3) is 3.81. The minimum Gasteiger partial charge on any atom is -0.335 e. The number of piperazine rings is 1. The summed E-state index contributed by atoms with van der Waals surface area (Å²) in [5.41, 5.74) is 1.80. The van der Waals surface area contributed by atoms with E-state index in [9.17, 15) is 9.59 Å². The van der Waals surface area contributed by atoms with Gasteiger partial charge in [-0.15, -0.1) is 5.10 Å². The molecule has 9 nitrogen and oxygen atoms in total. The molecule has 1 aliphatic rings. The van der Waals surface area contributed by atoms with Crippen molar-refractivity contribution in [2.24, 2.45) is 7.05 Å². The zero-order valence-corrected chi connectivity index (χ0v) is 15.2. The SMILES string of the molecule is Cc1ccc(C(=O)N2CCN(C(=O)N[C@@H](C)c3nnnn3C)CC2)cc1.